The van der Waals surface area contributed by atoms with Gasteiger partial charge in [-0.1, -0.05) is 78.8 Å². The van der Waals surface area contributed by atoms with Crippen LogP contribution in [0.1, 0.15) is 100 Å². The van der Waals surface area contributed by atoms with Crippen molar-refractivity contribution >= 4 is 39.6 Å². The van der Waals surface area contributed by atoms with Crippen molar-refractivity contribution in [1.29, 1.82) is 0 Å². The molecule has 5 amide bonds. The largest absolute Gasteiger partial charge is 0.444 e. The molecular weight excluding hydrogens is 703 g/mol. The summed E-state index contributed by atoms with van der Waals surface area (Å²) >= 11 is 0. The molecule has 0 bridgehead atoms. The van der Waals surface area contributed by atoms with Crippen LogP contribution in [0, 0.1) is 23.7 Å². The molecule has 14 nitrogen and oxygen atoms in total. The molecule has 6 atom stereocenters. The van der Waals surface area contributed by atoms with Crippen LogP contribution in [0.15, 0.2) is 30.3 Å². The van der Waals surface area contributed by atoms with Crippen molar-refractivity contribution in [3.63, 3.8) is 0 Å². The number of carbonyl (C=O) groups is 5. The molecular formula is C38H65N5O9S. The molecule has 0 aliphatic rings. The number of benzene rings is 1. The van der Waals surface area contributed by atoms with E-state index in [1.165, 1.54) is 0 Å². The minimum atomic E-state index is -3.54. The summed E-state index contributed by atoms with van der Waals surface area (Å²) in [4.78, 5) is 66.1. The van der Waals surface area contributed by atoms with Gasteiger partial charge in [-0.15, -0.1) is 0 Å². The molecule has 0 aromatic heterocycles. The van der Waals surface area contributed by atoms with Gasteiger partial charge in [-0.2, -0.15) is 0 Å². The van der Waals surface area contributed by atoms with E-state index in [-0.39, 0.29) is 42.9 Å². The molecule has 0 aliphatic carbocycles. The van der Waals surface area contributed by atoms with E-state index in [0.29, 0.717) is 13.0 Å². The molecule has 0 saturated heterocycles. The highest BCUT2D eigenvalue weighted by atomic mass is 32.2. The molecule has 0 fully saturated rings. The molecule has 53 heavy (non-hydrogen) atoms. The molecule has 0 heterocycles. The predicted octanol–water partition coefficient (Wildman–Crippen LogP) is 3.22. The monoisotopic (exact) mass is 767 g/mol. The zero-order valence-electron chi connectivity index (χ0n) is 33.4. The second-order valence-electron chi connectivity index (χ2n) is 16.2. The third-order valence-corrected chi connectivity index (χ3v) is 9.22. The summed E-state index contributed by atoms with van der Waals surface area (Å²) in [5.41, 5.74) is 0.0915. The van der Waals surface area contributed by atoms with E-state index < -0.39 is 81.2 Å². The number of hydrogen-bond acceptors (Lipinski definition) is 9. The van der Waals surface area contributed by atoms with Gasteiger partial charge in [-0.05, 0) is 69.8 Å². The second kappa shape index (κ2) is 21.9. The zero-order valence-corrected chi connectivity index (χ0v) is 34.3. The lowest BCUT2D eigenvalue weighted by molar-refractivity contribution is -0.133. The lowest BCUT2D eigenvalue weighted by Crippen LogP contribution is -2.57. The molecule has 0 spiro atoms. The first kappa shape index (κ1) is 47.3. The third kappa shape index (κ3) is 19.8. The Balaban J connectivity index is 3.13. The summed E-state index contributed by atoms with van der Waals surface area (Å²) in [5.74, 6) is -3.63. The van der Waals surface area contributed by atoms with E-state index in [1.54, 1.807) is 27.7 Å². The molecule has 0 unspecified atom stereocenters. The van der Waals surface area contributed by atoms with Crippen LogP contribution >= 0.6 is 0 Å². The fraction of sp³-hybridized carbons (Fsp3) is 0.711. The van der Waals surface area contributed by atoms with Crippen molar-refractivity contribution < 1.29 is 42.2 Å². The predicted molar refractivity (Wildman–Crippen MR) is 205 cm³/mol. The highest BCUT2D eigenvalue weighted by Gasteiger charge is 2.33. The summed E-state index contributed by atoms with van der Waals surface area (Å²) in [6.07, 6.45) is -0.807. The maximum Gasteiger partial charge on any atom is 0.408 e. The van der Waals surface area contributed by atoms with Gasteiger partial charge in [0.15, 0.2) is 0 Å². The number of sulfone groups is 1. The van der Waals surface area contributed by atoms with Crippen molar-refractivity contribution in [2.45, 2.75) is 137 Å². The summed E-state index contributed by atoms with van der Waals surface area (Å²) in [6, 6.07) is 5.30. The van der Waals surface area contributed by atoms with E-state index in [2.05, 4.69) is 26.6 Å². The quantitative estimate of drug-likeness (QED) is 0.108. The van der Waals surface area contributed by atoms with Crippen molar-refractivity contribution in [2.24, 2.45) is 23.7 Å². The van der Waals surface area contributed by atoms with Gasteiger partial charge < -0.3 is 36.4 Å². The topological polar surface area (TPSA) is 209 Å². The zero-order chi connectivity index (χ0) is 40.7. The number of carbonyl (C=O) groups excluding carboxylic acids is 5. The number of rotatable bonds is 21. The fourth-order valence-corrected chi connectivity index (χ4v) is 6.15. The van der Waals surface area contributed by atoms with Gasteiger partial charge in [-0.25, -0.2) is 13.2 Å². The van der Waals surface area contributed by atoms with Gasteiger partial charge in [0, 0.05) is 18.7 Å². The van der Waals surface area contributed by atoms with Crippen LogP contribution in [0.2, 0.25) is 0 Å². The molecule has 0 aliphatic heterocycles. The third-order valence-electron chi connectivity index (χ3n) is 8.24. The fourth-order valence-electron chi connectivity index (χ4n) is 5.49. The van der Waals surface area contributed by atoms with Crippen LogP contribution in [0.25, 0.3) is 0 Å². The highest BCUT2D eigenvalue weighted by molar-refractivity contribution is 7.90. The van der Waals surface area contributed by atoms with E-state index in [1.807, 2.05) is 71.9 Å². The van der Waals surface area contributed by atoms with Crippen LogP contribution in [-0.2, 0) is 40.3 Å². The number of aliphatic hydroxyl groups excluding tert-OH is 1. The van der Waals surface area contributed by atoms with Crippen LogP contribution in [0.4, 0.5) is 4.79 Å². The lowest BCUT2D eigenvalue weighted by atomic mass is 9.91. The Kier molecular flexibility index (Phi) is 19.5. The minimum absolute atomic E-state index is 0.00442. The van der Waals surface area contributed by atoms with E-state index in [4.69, 9.17) is 4.74 Å². The van der Waals surface area contributed by atoms with Crippen molar-refractivity contribution in [2.75, 3.05) is 12.0 Å². The van der Waals surface area contributed by atoms with Crippen molar-refractivity contribution in [3.05, 3.63) is 35.9 Å². The Bertz CT molecular complexity index is 1450. The Morgan fingerprint density at radius 2 is 1.30 bits per heavy atom. The Hall–Kier alpha value is -3.72. The summed E-state index contributed by atoms with van der Waals surface area (Å²) in [7, 11) is -3.54. The van der Waals surface area contributed by atoms with E-state index in [0.717, 1.165) is 11.8 Å². The molecule has 15 heteroatoms. The average Bonchev–Trinajstić information content (AvgIpc) is 3.01. The molecule has 0 saturated carbocycles. The van der Waals surface area contributed by atoms with Crippen molar-refractivity contribution in [3.8, 4) is 0 Å². The standard InChI is InChI=1S/C38H65N5O9S/c1-23(2)19-29(31(44)21-26(7)33(45)43-32(25(5)6)36(48)39-22-27-15-13-12-14-16-27)41-34(46)28(17-18-53(11,50)51)40-35(47)30(20-24(3)4)42-37(49)52-38(8,9)10/h12-16,23-26,28-32,44H,17-22H2,1-11H3,(H,39,48)(H,40,47)(H,41,46)(H,42,49)(H,43,45)/t26-,28-,29+,30+,31+,32+/m1/s1. The maximum atomic E-state index is 13.8. The summed E-state index contributed by atoms with van der Waals surface area (Å²) in [5, 5.41) is 25.0. The number of alkyl carbamates (subject to hydrolysis) is 1. The second-order valence-corrected chi connectivity index (χ2v) is 18.5. The van der Waals surface area contributed by atoms with Crippen LogP contribution < -0.4 is 26.6 Å². The smallest absolute Gasteiger partial charge is 0.408 e. The SMILES string of the molecule is CC(C)C[C@H](NC(=O)OC(C)(C)C)C(=O)N[C@H](CCS(C)(=O)=O)C(=O)N[C@@H](CC(C)C)[C@@H](O)C[C@@H](C)C(=O)N[C@H](C(=O)NCc1ccccc1)C(C)C. The average molecular weight is 768 g/mol. The van der Waals surface area contributed by atoms with Gasteiger partial charge in [-0.3, -0.25) is 19.2 Å². The van der Waals surface area contributed by atoms with Crippen LogP contribution in [0.5, 0.6) is 0 Å². The number of amides is 5. The molecule has 302 valence electrons. The Labute approximate surface area is 316 Å². The van der Waals surface area contributed by atoms with Gasteiger partial charge in [0.2, 0.25) is 23.6 Å². The molecule has 1 aromatic carbocycles. The van der Waals surface area contributed by atoms with Crippen molar-refractivity contribution in [1.82, 2.24) is 26.6 Å². The van der Waals surface area contributed by atoms with Gasteiger partial charge in [0.1, 0.15) is 33.6 Å². The normalized spacial score (nSPS) is 15.5. The number of ether oxygens (including phenoxy) is 1. The minimum Gasteiger partial charge on any atom is -0.444 e. The van der Waals surface area contributed by atoms with E-state index >= 15 is 0 Å². The van der Waals surface area contributed by atoms with E-state index in [9.17, 15) is 37.5 Å². The van der Waals surface area contributed by atoms with Gasteiger partial charge >= 0.3 is 6.09 Å². The number of nitrogens with one attached hydrogen (secondary N) is 5. The van der Waals surface area contributed by atoms with Gasteiger partial charge in [0.25, 0.3) is 0 Å². The maximum absolute atomic E-state index is 13.8. The molecule has 0 radical (unpaired) electrons. The lowest BCUT2D eigenvalue weighted by Gasteiger charge is -2.30. The summed E-state index contributed by atoms with van der Waals surface area (Å²) in [6.45, 7) is 18.1. The Morgan fingerprint density at radius 1 is 0.736 bits per heavy atom. The first-order valence-corrected chi connectivity index (χ1v) is 20.5. The molecule has 6 N–H and O–H groups in total. The van der Waals surface area contributed by atoms with Crippen LogP contribution in [-0.4, -0.2) is 91.1 Å². The first-order chi connectivity index (χ1) is 24.4. The Morgan fingerprint density at radius 3 is 1.81 bits per heavy atom. The number of hydrogen-bond donors (Lipinski definition) is 6. The molecule has 1 rings (SSSR count). The van der Waals surface area contributed by atoms with Gasteiger partial charge in [0.05, 0.1) is 17.9 Å². The first-order valence-electron chi connectivity index (χ1n) is 18.5. The summed E-state index contributed by atoms with van der Waals surface area (Å²) < 4.78 is 29.5. The molecule has 1 aromatic rings. The highest BCUT2D eigenvalue weighted by Crippen LogP contribution is 2.18. The number of aliphatic hydroxyl groups is 1. The van der Waals surface area contributed by atoms with Crippen LogP contribution in [0.3, 0.4) is 0 Å².